The molecule has 0 spiro atoms. The third-order valence-corrected chi connectivity index (χ3v) is 3.79. The Bertz CT molecular complexity index is 749. The highest BCUT2D eigenvalue weighted by atomic mass is 16.6. The maximum absolute atomic E-state index is 12.2. The lowest BCUT2D eigenvalue weighted by Gasteiger charge is -2.44. The van der Waals surface area contributed by atoms with Crippen molar-refractivity contribution in [2.45, 2.75) is 38.3 Å². The number of nitrogens with zero attached hydrogens (tertiary/aromatic N) is 1. The van der Waals surface area contributed by atoms with E-state index in [9.17, 15) is 14.4 Å². The first-order valence-corrected chi connectivity index (χ1v) is 7.56. The van der Waals surface area contributed by atoms with Gasteiger partial charge in [-0.25, -0.2) is 0 Å². The van der Waals surface area contributed by atoms with Crippen LogP contribution in [-0.4, -0.2) is 60.1 Å². The molecule has 0 aromatic carbocycles. The Morgan fingerprint density at radius 2 is 1.92 bits per heavy atom. The summed E-state index contributed by atoms with van der Waals surface area (Å²) < 4.78 is 21.1. The zero-order valence-electron chi connectivity index (χ0n) is 13.8. The Morgan fingerprint density at radius 1 is 1.20 bits per heavy atom. The van der Waals surface area contributed by atoms with Crippen LogP contribution in [0.2, 0.25) is 0 Å². The van der Waals surface area contributed by atoms with Gasteiger partial charge in [0, 0.05) is 13.8 Å². The molecule has 136 valence electrons. The molecule has 0 radical (unpaired) electrons. The van der Waals surface area contributed by atoms with Gasteiger partial charge in [-0.15, -0.1) is 0 Å². The minimum atomic E-state index is -0.845. The quantitative estimate of drug-likeness (QED) is 0.591. The summed E-state index contributed by atoms with van der Waals surface area (Å²) in [5, 5.41) is 5.92. The van der Waals surface area contributed by atoms with Crippen molar-refractivity contribution < 1.29 is 28.5 Å². The van der Waals surface area contributed by atoms with Gasteiger partial charge >= 0.3 is 11.9 Å². The number of anilines is 2. The first-order chi connectivity index (χ1) is 11.9. The van der Waals surface area contributed by atoms with E-state index < -0.39 is 42.0 Å². The van der Waals surface area contributed by atoms with Gasteiger partial charge in [-0.05, 0) is 0 Å². The molecule has 1 aromatic rings. The SMILES string of the molecule is COc1nc2c(c(=O)[nH]1)NC1C(N2)OCC(OC(C)=O)C1OC(C)=O. The molecule has 1 saturated heterocycles. The highest BCUT2D eigenvalue weighted by Crippen LogP contribution is 2.31. The van der Waals surface area contributed by atoms with Gasteiger partial charge < -0.3 is 29.6 Å². The summed E-state index contributed by atoms with van der Waals surface area (Å²) >= 11 is 0. The Kier molecular flexibility index (Phi) is 4.49. The topological polar surface area (TPSA) is 141 Å². The minimum absolute atomic E-state index is 0.0169. The van der Waals surface area contributed by atoms with E-state index in [4.69, 9.17) is 18.9 Å². The van der Waals surface area contributed by atoms with Crippen LogP contribution in [0.25, 0.3) is 0 Å². The average Bonchev–Trinajstić information content (AvgIpc) is 2.54. The average molecular weight is 354 g/mol. The van der Waals surface area contributed by atoms with Crippen molar-refractivity contribution >= 4 is 23.4 Å². The van der Waals surface area contributed by atoms with Crippen molar-refractivity contribution in [2.75, 3.05) is 24.4 Å². The number of carbonyl (C=O) groups is 2. The van der Waals surface area contributed by atoms with Crippen LogP contribution in [0.15, 0.2) is 4.79 Å². The lowest BCUT2D eigenvalue weighted by Crippen LogP contribution is -2.63. The number of aromatic nitrogens is 2. The van der Waals surface area contributed by atoms with Crippen molar-refractivity contribution in [1.29, 1.82) is 0 Å². The molecule has 0 saturated carbocycles. The second-order valence-corrected chi connectivity index (χ2v) is 5.59. The Hall–Kier alpha value is -2.82. The second kappa shape index (κ2) is 6.59. The van der Waals surface area contributed by atoms with E-state index in [2.05, 4.69) is 20.6 Å². The highest BCUT2D eigenvalue weighted by Gasteiger charge is 2.47. The number of esters is 2. The highest BCUT2D eigenvalue weighted by molar-refractivity contribution is 5.69. The van der Waals surface area contributed by atoms with E-state index in [0.717, 1.165) is 0 Å². The number of fused-ring (bicyclic) bond motifs is 2. The molecule has 3 rings (SSSR count). The Balaban J connectivity index is 1.93. The smallest absolute Gasteiger partial charge is 0.303 e. The van der Waals surface area contributed by atoms with Gasteiger partial charge in [0.15, 0.2) is 24.3 Å². The lowest BCUT2D eigenvalue weighted by molar-refractivity contribution is -0.187. The first-order valence-electron chi connectivity index (χ1n) is 7.56. The molecule has 1 aromatic heterocycles. The van der Waals surface area contributed by atoms with Crippen molar-refractivity contribution in [1.82, 2.24) is 9.97 Å². The van der Waals surface area contributed by atoms with Crippen molar-refractivity contribution in [3.05, 3.63) is 10.4 Å². The summed E-state index contributed by atoms with van der Waals surface area (Å²) in [4.78, 5) is 41.5. The maximum Gasteiger partial charge on any atom is 0.303 e. The van der Waals surface area contributed by atoms with Gasteiger partial charge in [0.1, 0.15) is 11.7 Å². The minimum Gasteiger partial charge on any atom is -0.468 e. The van der Waals surface area contributed by atoms with Crippen LogP contribution in [0.4, 0.5) is 11.5 Å². The zero-order valence-corrected chi connectivity index (χ0v) is 13.8. The van der Waals surface area contributed by atoms with Gasteiger partial charge in [0.05, 0.1) is 13.7 Å². The summed E-state index contributed by atoms with van der Waals surface area (Å²) in [5.74, 6) is -0.829. The number of carbonyl (C=O) groups excluding carboxylic acids is 2. The van der Waals surface area contributed by atoms with Crippen LogP contribution in [0.3, 0.4) is 0 Å². The molecule has 0 aliphatic carbocycles. The molecule has 4 unspecified atom stereocenters. The molecule has 25 heavy (non-hydrogen) atoms. The van der Waals surface area contributed by atoms with Crippen LogP contribution < -0.4 is 20.9 Å². The predicted molar refractivity (Wildman–Crippen MR) is 83.3 cm³/mol. The first kappa shape index (κ1) is 17.0. The molecule has 3 N–H and O–H groups in total. The number of hydrogen-bond acceptors (Lipinski definition) is 10. The summed E-state index contributed by atoms with van der Waals surface area (Å²) in [6, 6.07) is -0.618. The number of methoxy groups -OCH3 is 1. The fourth-order valence-electron chi connectivity index (χ4n) is 2.83. The normalized spacial score (nSPS) is 27.0. The third kappa shape index (κ3) is 3.36. The molecular weight excluding hydrogens is 336 g/mol. The van der Waals surface area contributed by atoms with Crippen LogP contribution in [0.5, 0.6) is 6.01 Å². The number of rotatable bonds is 3. The van der Waals surface area contributed by atoms with E-state index in [1.807, 2.05) is 0 Å². The molecule has 2 aliphatic heterocycles. The van der Waals surface area contributed by atoms with E-state index >= 15 is 0 Å². The Labute approximate surface area is 142 Å². The molecular formula is C14H18N4O7. The molecule has 0 bridgehead atoms. The molecule has 2 aliphatic rings. The molecule has 1 fully saturated rings. The number of H-pyrrole nitrogens is 1. The third-order valence-electron chi connectivity index (χ3n) is 3.79. The molecule has 0 amide bonds. The van der Waals surface area contributed by atoms with Gasteiger partial charge in [0.25, 0.3) is 11.6 Å². The van der Waals surface area contributed by atoms with Gasteiger partial charge in [-0.2, -0.15) is 4.98 Å². The predicted octanol–water partition coefficient (Wildman–Crippen LogP) is -0.796. The van der Waals surface area contributed by atoms with Gasteiger partial charge in [-0.3, -0.25) is 19.4 Å². The largest absolute Gasteiger partial charge is 0.468 e. The van der Waals surface area contributed by atoms with E-state index in [1.165, 1.54) is 21.0 Å². The fraction of sp³-hybridized carbons (Fsp3) is 0.571. The number of hydrogen-bond donors (Lipinski definition) is 3. The lowest BCUT2D eigenvalue weighted by atomic mass is 9.98. The summed E-state index contributed by atoms with van der Waals surface area (Å²) in [5.41, 5.74) is -0.324. The van der Waals surface area contributed by atoms with E-state index in [1.54, 1.807) is 0 Å². The monoisotopic (exact) mass is 354 g/mol. The molecule has 11 heteroatoms. The van der Waals surface area contributed by atoms with Crippen molar-refractivity contribution in [3.63, 3.8) is 0 Å². The van der Waals surface area contributed by atoms with Gasteiger partial charge in [0.2, 0.25) is 0 Å². The number of ether oxygens (including phenoxy) is 4. The number of aromatic amines is 1. The van der Waals surface area contributed by atoms with Crippen LogP contribution in [0, 0.1) is 0 Å². The van der Waals surface area contributed by atoms with Crippen LogP contribution >= 0.6 is 0 Å². The van der Waals surface area contributed by atoms with E-state index in [0.29, 0.717) is 0 Å². The van der Waals surface area contributed by atoms with E-state index in [-0.39, 0.29) is 24.1 Å². The van der Waals surface area contributed by atoms with Crippen LogP contribution in [0.1, 0.15) is 13.8 Å². The summed E-state index contributed by atoms with van der Waals surface area (Å²) in [7, 11) is 1.38. The maximum atomic E-state index is 12.2. The Morgan fingerprint density at radius 3 is 2.56 bits per heavy atom. The fourth-order valence-corrected chi connectivity index (χ4v) is 2.83. The molecule has 4 atom stereocenters. The number of nitrogens with one attached hydrogen (secondary N) is 3. The molecule has 11 nitrogen and oxygen atoms in total. The standard InChI is InChI=1S/C14H18N4O7/c1-5(19)24-7-4-23-13-8(10(7)25-6(2)20)15-9-11(16-13)17-14(22-3)18-12(9)21/h7-8,10,13,15H,4H2,1-3H3,(H2,16,17,18,21). The summed E-state index contributed by atoms with van der Waals surface area (Å²) in [6.45, 7) is 2.52. The van der Waals surface area contributed by atoms with Crippen LogP contribution in [-0.2, 0) is 23.8 Å². The van der Waals surface area contributed by atoms with Crippen molar-refractivity contribution in [2.24, 2.45) is 0 Å². The van der Waals surface area contributed by atoms with Crippen molar-refractivity contribution in [3.8, 4) is 6.01 Å². The van der Waals surface area contributed by atoms with Gasteiger partial charge in [-0.1, -0.05) is 0 Å². The molecule has 3 heterocycles. The zero-order chi connectivity index (χ0) is 18.1. The second-order valence-electron chi connectivity index (χ2n) is 5.59. The summed E-state index contributed by atoms with van der Waals surface area (Å²) in [6.07, 6.45) is -2.30.